The molecular weight excluding hydrogens is 111 g/mol. The van der Waals surface area contributed by atoms with Crippen LogP contribution >= 0.6 is 12.2 Å². The Balaban J connectivity index is 0. The normalized spacial score (nSPS) is 5.00. The van der Waals surface area contributed by atoms with Gasteiger partial charge in [-0.15, -0.1) is 0 Å². The van der Waals surface area contributed by atoms with Gasteiger partial charge in [-0.3, -0.25) is 0 Å². The molecule has 0 aromatic carbocycles. The Morgan fingerprint density at radius 1 is 1.80 bits per heavy atom. The van der Waals surface area contributed by atoms with Crippen molar-refractivity contribution in [2.24, 2.45) is 0 Å². The second-order valence-corrected chi connectivity index (χ2v) is 1.97. The number of rotatable bonds is 0. The Morgan fingerprint density at radius 3 is 1.80 bits per heavy atom. The van der Waals surface area contributed by atoms with Gasteiger partial charge in [0, 0.05) is 0 Å². The molecule has 0 fully saturated rings. The van der Waals surface area contributed by atoms with E-state index in [4.69, 9.17) is 0 Å². The fourth-order valence-electron chi connectivity index (χ4n) is 0. The van der Waals surface area contributed by atoms with Gasteiger partial charge in [-0.25, -0.2) is 0 Å². The molecule has 0 aliphatic rings. The minimum atomic E-state index is 0. The molecule has 0 aliphatic heterocycles. The summed E-state index contributed by atoms with van der Waals surface area (Å²) in [6, 6.07) is 0. The van der Waals surface area contributed by atoms with E-state index in [-0.39, 0.29) is 29.6 Å². The average Bonchev–Trinajstić information content (AvgIpc) is 0.811. The molecule has 0 atom stereocenters. The van der Waals surface area contributed by atoms with Crippen LogP contribution in [0.4, 0.5) is 0 Å². The molecule has 0 N–H and O–H groups in total. The van der Waals surface area contributed by atoms with Gasteiger partial charge < -0.3 is 24.8 Å². The molecule has 0 rings (SSSR count). The summed E-state index contributed by atoms with van der Waals surface area (Å²) < 4.78 is 0.583. The minimum Gasteiger partial charge on any atom is -0.433 e. The zero-order valence-electron chi connectivity index (χ0n) is 3.32. The first-order chi connectivity index (χ1) is 1.73. The third-order valence-corrected chi connectivity index (χ3v) is 0. The van der Waals surface area contributed by atoms with Crippen molar-refractivity contribution in [2.75, 3.05) is 0 Å². The van der Waals surface area contributed by atoms with Crippen LogP contribution in [0.3, 0.4) is 0 Å². The molecule has 0 unspecified atom stereocenters. The number of hydrogen-bond acceptors (Lipinski definition) is 2. The summed E-state index contributed by atoms with van der Waals surface area (Å²) in [6.45, 7) is 1.71. The molecule has 0 amide bonds. The van der Waals surface area contributed by atoms with Gasteiger partial charge in [0.1, 0.15) is 0 Å². The Hall–Kier alpha value is 1.31. The Morgan fingerprint density at radius 2 is 1.80 bits per heavy atom. The van der Waals surface area contributed by atoms with Crippen LogP contribution in [-0.2, 0) is 12.6 Å². The topological polar surface area (TPSA) is 0 Å². The summed E-state index contributed by atoms with van der Waals surface area (Å²) in [6.07, 6.45) is 0. The maximum Gasteiger partial charge on any atom is 1.00 e. The molecule has 0 heterocycles. The fraction of sp³-hybridized carbons (Fsp3) is 0.500. The molecule has 3 heteroatoms. The van der Waals surface area contributed by atoms with E-state index >= 15 is 0 Å². The van der Waals surface area contributed by atoms with Gasteiger partial charge in [0.15, 0.2) is 0 Å². The van der Waals surface area contributed by atoms with Gasteiger partial charge in [0.05, 0.1) is 0 Å². The van der Waals surface area contributed by atoms with Crippen molar-refractivity contribution in [3.63, 3.8) is 0 Å². The second kappa shape index (κ2) is 5.31. The zero-order valence-corrected chi connectivity index (χ0v) is 6.95. The SMILES string of the molecule is CC(=S)[S-].[Na+]. The molecular formula is C2H3NaS2. The van der Waals surface area contributed by atoms with E-state index < -0.39 is 0 Å². The maximum atomic E-state index is 4.35. The van der Waals surface area contributed by atoms with E-state index in [2.05, 4.69) is 24.8 Å². The van der Waals surface area contributed by atoms with Gasteiger partial charge in [-0.1, -0.05) is 6.92 Å². The van der Waals surface area contributed by atoms with Crippen LogP contribution in [0.15, 0.2) is 0 Å². The largest absolute Gasteiger partial charge is 1.00 e. The smallest absolute Gasteiger partial charge is 0.433 e. The first-order valence-electron chi connectivity index (χ1n) is 0.908. The molecule has 0 saturated heterocycles. The predicted octanol–water partition coefficient (Wildman–Crippen LogP) is -2.12. The summed E-state index contributed by atoms with van der Waals surface area (Å²) in [5.41, 5.74) is 0. The minimum absolute atomic E-state index is 0. The second-order valence-electron chi connectivity index (χ2n) is 0.492. The van der Waals surface area contributed by atoms with Gasteiger partial charge in [-0.05, 0) is 0 Å². The van der Waals surface area contributed by atoms with E-state index in [1.165, 1.54) is 0 Å². The maximum absolute atomic E-state index is 4.35. The summed E-state index contributed by atoms with van der Waals surface area (Å²) in [5, 5.41) is 0. The first-order valence-corrected chi connectivity index (χ1v) is 1.72. The zero-order chi connectivity index (χ0) is 3.58. The van der Waals surface area contributed by atoms with Crippen LogP contribution in [-0.4, -0.2) is 4.20 Å². The Bertz CT molecular complexity index is 30.6. The monoisotopic (exact) mass is 114 g/mol. The van der Waals surface area contributed by atoms with E-state index in [1.54, 1.807) is 6.92 Å². The van der Waals surface area contributed by atoms with Crippen LogP contribution in [0.5, 0.6) is 0 Å². The summed E-state index contributed by atoms with van der Waals surface area (Å²) in [7, 11) is 0. The van der Waals surface area contributed by atoms with Gasteiger partial charge in [0.2, 0.25) is 0 Å². The molecule has 0 aromatic rings. The van der Waals surface area contributed by atoms with Crippen molar-refractivity contribution in [1.82, 2.24) is 0 Å². The Labute approximate surface area is 65.0 Å². The molecule has 0 aliphatic carbocycles. The predicted molar refractivity (Wildman–Crippen MR) is 25.6 cm³/mol. The van der Waals surface area contributed by atoms with E-state index in [0.29, 0.717) is 4.20 Å². The van der Waals surface area contributed by atoms with Crippen LogP contribution in [0, 0.1) is 0 Å². The van der Waals surface area contributed by atoms with Gasteiger partial charge in [-0.2, -0.15) is 4.20 Å². The molecule has 0 bridgehead atoms. The third kappa shape index (κ3) is 33.9. The summed E-state index contributed by atoms with van der Waals surface area (Å²) in [4.78, 5) is 0. The third-order valence-electron chi connectivity index (χ3n) is 0. The van der Waals surface area contributed by atoms with E-state index in [1.807, 2.05) is 0 Å². The summed E-state index contributed by atoms with van der Waals surface area (Å²) in [5.74, 6) is 0. The molecule has 0 nitrogen and oxygen atoms in total. The van der Waals surface area contributed by atoms with Gasteiger partial charge in [0.25, 0.3) is 0 Å². The van der Waals surface area contributed by atoms with Crippen LogP contribution < -0.4 is 29.6 Å². The van der Waals surface area contributed by atoms with Crippen LogP contribution in [0.1, 0.15) is 6.92 Å². The molecule has 0 spiro atoms. The van der Waals surface area contributed by atoms with E-state index in [9.17, 15) is 0 Å². The van der Waals surface area contributed by atoms with Crippen molar-refractivity contribution in [3.8, 4) is 0 Å². The Kier molecular flexibility index (Phi) is 10.2. The summed E-state index contributed by atoms with van der Waals surface area (Å²) >= 11 is 8.70. The van der Waals surface area contributed by atoms with Crippen molar-refractivity contribution < 1.29 is 29.6 Å². The van der Waals surface area contributed by atoms with Gasteiger partial charge >= 0.3 is 29.6 Å². The van der Waals surface area contributed by atoms with E-state index in [0.717, 1.165) is 0 Å². The van der Waals surface area contributed by atoms with Crippen molar-refractivity contribution in [3.05, 3.63) is 0 Å². The quantitative estimate of drug-likeness (QED) is 0.201. The number of thiocarbonyl (C=S) groups is 1. The fourth-order valence-corrected chi connectivity index (χ4v) is 0. The van der Waals surface area contributed by atoms with Crippen molar-refractivity contribution >= 4 is 29.0 Å². The van der Waals surface area contributed by atoms with Crippen molar-refractivity contribution in [2.45, 2.75) is 6.92 Å². The number of hydrogen-bond donors (Lipinski definition) is 0. The molecule has 0 saturated carbocycles. The van der Waals surface area contributed by atoms with Crippen LogP contribution in [0.2, 0.25) is 0 Å². The van der Waals surface area contributed by atoms with Crippen molar-refractivity contribution in [1.29, 1.82) is 0 Å². The molecule has 24 valence electrons. The molecule has 0 aromatic heterocycles. The standard InChI is InChI=1S/C2H4S2.Na/c1-2(3)4;/h1H3,(H,3,4);/q;+1/p-1. The van der Waals surface area contributed by atoms with Crippen LogP contribution in [0.25, 0.3) is 0 Å². The average molecular weight is 114 g/mol. The molecule has 0 radical (unpaired) electrons. The molecule has 5 heavy (non-hydrogen) atoms. The first kappa shape index (κ1) is 9.58.